The number of hydrogen-bond acceptors (Lipinski definition) is 5. The third-order valence-corrected chi connectivity index (χ3v) is 3.89. The topological polar surface area (TPSA) is 43.8 Å². The molecular weight excluding hydrogens is 260 g/mol. The van der Waals surface area contributed by atoms with E-state index in [1.807, 2.05) is 32.0 Å². The predicted molar refractivity (Wildman–Crippen MR) is 80.4 cm³/mol. The minimum Gasteiger partial charge on any atom is -0.294 e. The molecule has 0 aliphatic heterocycles. The molecule has 1 rings (SSSR count). The molecule has 0 bridgehead atoms. The lowest BCUT2D eigenvalue weighted by molar-refractivity contribution is 0.0939. The quantitative estimate of drug-likeness (QED) is 0.470. The number of hydrogen-bond donors (Lipinski definition) is 1. The number of ketones is 1. The monoisotopic (exact) mass is 282 g/mol. The SMILES string of the molecule is CCN(CC)SN(O)c1cccc(C(=O)C(C)C)c1. The molecule has 1 aromatic carbocycles. The summed E-state index contributed by atoms with van der Waals surface area (Å²) < 4.78 is 3.11. The van der Waals surface area contributed by atoms with E-state index in [0.29, 0.717) is 11.3 Å². The molecule has 0 saturated carbocycles. The molecule has 0 radical (unpaired) electrons. The minimum absolute atomic E-state index is 0.0437. The molecule has 0 aromatic heterocycles. The molecule has 1 aromatic rings. The maximum atomic E-state index is 11.9. The van der Waals surface area contributed by atoms with Crippen molar-refractivity contribution in [1.82, 2.24) is 4.31 Å². The maximum Gasteiger partial charge on any atom is 0.165 e. The largest absolute Gasteiger partial charge is 0.294 e. The van der Waals surface area contributed by atoms with E-state index >= 15 is 0 Å². The van der Waals surface area contributed by atoms with Gasteiger partial charge < -0.3 is 0 Å². The average Bonchev–Trinajstić information content (AvgIpc) is 2.43. The summed E-state index contributed by atoms with van der Waals surface area (Å²) in [5, 5.41) is 10.0. The van der Waals surface area contributed by atoms with Gasteiger partial charge >= 0.3 is 0 Å². The number of rotatable bonds is 7. The Morgan fingerprint density at radius 3 is 2.47 bits per heavy atom. The van der Waals surface area contributed by atoms with Crippen LogP contribution in [0.5, 0.6) is 0 Å². The van der Waals surface area contributed by atoms with Crippen molar-refractivity contribution in [2.24, 2.45) is 5.92 Å². The fourth-order valence-electron chi connectivity index (χ4n) is 1.61. The summed E-state index contributed by atoms with van der Waals surface area (Å²) in [6.45, 7) is 9.48. The van der Waals surface area contributed by atoms with Crippen molar-refractivity contribution in [1.29, 1.82) is 0 Å². The summed E-state index contributed by atoms with van der Waals surface area (Å²) in [6.07, 6.45) is 0. The second kappa shape index (κ2) is 7.53. The molecule has 4 nitrogen and oxygen atoms in total. The van der Waals surface area contributed by atoms with E-state index in [1.54, 1.807) is 24.3 Å². The molecule has 0 atom stereocenters. The fourth-order valence-corrected chi connectivity index (χ4v) is 2.26. The molecule has 0 aliphatic carbocycles. The zero-order valence-electron chi connectivity index (χ0n) is 12.0. The van der Waals surface area contributed by atoms with E-state index in [9.17, 15) is 10.0 Å². The van der Waals surface area contributed by atoms with E-state index in [4.69, 9.17) is 0 Å². The average molecular weight is 282 g/mol. The normalized spacial score (nSPS) is 11.1. The first-order valence-corrected chi connectivity index (χ1v) is 7.28. The molecule has 5 heteroatoms. The van der Waals surface area contributed by atoms with Gasteiger partial charge in [0, 0.05) is 24.6 Å². The van der Waals surface area contributed by atoms with Crippen LogP contribution in [0.3, 0.4) is 0 Å². The predicted octanol–water partition coefficient (Wildman–Crippen LogP) is 3.63. The first kappa shape index (κ1) is 16.0. The van der Waals surface area contributed by atoms with Gasteiger partial charge in [-0.2, -0.15) is 4.47 Å². The van der Waals surface area contributed by atoms with Gasteiger partial charge in [0.25, 0.3) is 0 Å². The first-order chi connectivity index (χ1) is 8.99. The highest BCUT2D eigenvalue weighted by Gasteiger charge is 2.14. The van der Waals surface area contributed by atoms with Crippen molar-refractivity contribution in [2.45, 2.75) is 27.7 Å². The molecule has 0 heterocycles. The Hall–Kier alpha value is -1.04. The van der Waals surface area contributed by atoms with E-state index in [2.05, 4.69) is 0 Å². The van der Waals surface area contributed by atoms with E-state index in [1.165, 1.54) is 12.1 Å². The van der Waals surface area contributed by atoms with Crippen LogP contribution in [0.1, 0.15) is 38.1 Å². The highest BCUT2D eigenvalue weighted by atomic mass is 32.2. The van der Waals surface area contributed by atoms with E-state index < -0.39 is 0 Å². The number of nitrogens with zero attached hydrogens (tertiary/aromatic N) is 2. The highest BCUT2D eigenvalue weighted by molar-refractivity contribution is 7.98. The molecule has 0 aliphatic rings. The molecule has 0 fully saturated rings. The summed E-state index contributed by atoms with van der Waals surface area (Å²) in [4.78, 5) is 11.9. The standard InChI is InChI=1S/C14H22N2O2S/c1-5-15(6-2)19-16(18)13-9-7-8-12(10-13)14(17)11(3)4/h7-11,18H,5-6H2,1-4H3. The van der Waals surface area contributed by atoms with Crippen LogP contribution in [0.4, 0.5) is 5.69 Å². The van der Waals surface area contributed by atoms with Crippen molar-refractivity contribution in [2.75, 3.05) is 17.6 Å². The van der Waals surface area contributed by atoms with Crippen molar-refractivity contribution >= 4 is 23.6 Å². The van der Waals surface area contributed by atoms with Gasteiger partial charge in [-0.05, 0) is 12.1 Å². The van der Waals surface area contributed by atoms with Crippen LogP contribution in [-0.2, 0) is 0 Å². The molecular formula is C14H22N2O2S. The summed E-state index contributed by atoms with van der Waals surface area (Å²) >= 11 is 1.24. The lowest BCUT2D eigenvalue weighted by atomic mass is 10.0. The minimum atomic E-state index is -0.0437. The van der Waals surface area contributed by atoms with Gasteiger partial charge in [0.15, 0.2) is 5.78 Å². The summed E-state index contributed by atoms with van der Waals surface area (Å²) in [5.41, 5.74) is 1.25. The zero-order valence-corrected chi connectivity index (χ0v) is 12.8. The van der Waals surface area contributed by atoms with Crippen LogP contribution < -0.4 is 4.47 Å². The van der Waals surface area contributed by atoms with Crippen molar-refractivity contribution in [3.05, 3.63) is 29.8 Å². The Bertz CT molecular complexity index is 420. The summed E-state index contributed by atoms with van der Waals surface area (Å²) in [6, 6.07) is 7.07. The van der Waals surface area contributed by atoms with E-state index in [-0.39, 0.29) is 11.7 Å². The Kier molecular flexibility index (Phi) is 6.34. The Morgan fingerprint density at radius 2 is 1.95 bits per heavy atom. The third kappa shape index (κ3) is 4.53. The molecule has 106 valence electrons. The Balaban J connectivity index is 2.84. The maximum absolute atomic E-state index is 11.9. The van der Waals surface area contributed by atoms with Crippen molar-refractivity contribution in [3.8, 4) is 0 Å². The van der Waals surface area contributed by atoms with Crippen LogP contribution in [0.2, 0.25) is 0 Å². The van der Waals surface area contributed by atoms with Crippen LogP contribution in [-0.4, -0.2) is 28.4 Å². The molecule has 0 amide bonds. The van der Waals surface area contributed by atoms with Gasteiger partial charge in [-0.25, -0.2) is 4.31 Å². The highest BCUT2D eigenvalue weighted by Crippen LogP contribution is 2.24. The van der Waals surface area contributed by atoms with Crippen LogP contribution >= 0.6 is 12.1 Å². The van der Waals surface area contributed by atoms with Crippen LogP contribution in [0.25, 0.3) is 0 Å². The van der Waals surface area contributed by atoms with E-state index in [0.717, 1.165) is 17.6 Å². The van der Waals surface area contributed by atoms with Crippen molar-refractivity contribution in [3.63, 3.8) is 0 Å². The molecule has 0 spiro atoms. The van der Waals surface area contributed by atoms with Crippen LogP contribution in [0.15, 0.2) is 24.3 Å². The van der Waals surface area contributed by atoms with Gasteiger partial charge in [-0.15, -0.1) is 0 Å². The number of carbonyl (C=O) groups excluding carboxylic acids is 1. The lowest BCUT2D eigenvalue weighted by Crippen LogP contribution is -2.22. The van der Waals surface area contributed by atoms with Gasteiger partial charge in [-0.1, -0.05) is 39.8 Å². The number of carbonyl (C=O) groups is 1. The lowest BCUT2D eigenvalue weighted by Gasteiger charge is -2.23. The van der Waals surface area contributed by atoms with Gasteiger partial charge in [0.1, 0.15) is 0 Å². The number of benzene rings is 1. The molecule has 0 saturated heterocycles. The smallest absolute Gasteiger partial charge is 0.165 e. The fraction of sp³-hybridized carbons (Fsp3) is 0.500. The second-order valence-corrected chi connectivity index (χ2v) is 5.56. The van der Waals surface area contributed by atoms with Crippen molar-refractivity contribution < 1.29 is 10.0 Å². The van der Waals surface area contributed by atoms with Crippen LogP contribution in [0, 0.1) is 5.92 Å². The molecule has 0 unspecified atom stereocenters. The molecule has 1 N–H and O–H groups in total. The molecule has 19 heavy (non-hydrogen) atoms. The Labute approximate surface area is 119 Å². The number of anilines is 1. The Morgan fingerprint density at radius 1 is 1.32 bits per heavy atom. The summed E-state index contributed by atoms with van der Waals surface area (Å²) in [5.74, 6) is 0.0425. The summed E-state index contributed by atoms with van der Waals surface area (Å²) in [7, 11) is 0. The second-order valence-electron chi connectivity index (χ2n) is 4.54. The first-order valence-electron chi connectivity index (χ1n) is 6.55. The van der Waals surface area contributed by atoms with Gasteiger partial charge in [0.05, 0.1) is 17.8 Å². The van der Waals surface area contributed by atoms with Gasteiger partial charge in [0.2, 0.25) is 0 Å². The number of Topliss-reactive ketones (excluding diaryl/α,β-unsaturated/α-hetero) is 1. The zero-order chi connectivity index (χ0) is 14.4. The van der Waals surface area contributed by atoms with Gasteiger partial charge in [-0.3, -0.25) is 10.0 Å². The third-order valence-electron chi connectivity index (χ3n) is 2.77.